The number of alkyl carbamates (subject to hydrolysis) is 2. The fourth-order valence-electron chi connectivity index (χ4n) is 7.55. The molecule has 4 aliphatic rings. The normalized spacial score (nSPS) is 21.6. The molecule has 0 bridgehead atoms. The van der Waals surface area contributed by atoms with E-state index in [1.165, 1.54) is 14.2 Å². The van der Waals surface area contributed by atoms with Crippen molar-refractivity contribution in [2.45, 2.75) is 77.2 Å². The van der Waals surface area contributed by atoms with E-state index in [2.05, 4.69) is 59.2 Å². The minimum absolute atomic E-state index is 0.117. The molecule has 290 valence electrons. The number of carbonyl (C=O) groups is 4. The third kappa shape index (κ3) is 8.57. The molecule has 3 N–H and O–H groups in total. The van der Waals surface area contributed by atoms with Crippen molar-refractivity contribution < 1.29 is 33.8 Å². The monoisotopic (exact) mass is 750 g/mol. The smallest absolute Gasteiger partial charge is 0.407 e. The number of likely N-dealkylation sites (tertiary alicyclic amines) is 1. The quantitative estimate of drug-likeness (QED) is 0.266. The lowest BCUT2D eigenvalue weighted by atomic mass is 9.94. The number of allylic oxidation sites excluding steroid dienone is 2. The van der Waals surface area contributed by atoms with Crippen molar-refractivity contribution in [3.63, 3.8) is 0 Å². The van der Waals surface area contributed by atoms with Gasteiger partial charge in [-0.25, -0.2) is 9.59 Å². The summed E-state index contributed by atoms with van der Waals surface area (Å²) in [5, 5.41) is 15.9. The Morgan fingerprint density at radius 2 is 1.16 bits per heavy atom. The van der Waals surface area contributed by atoms with Crippen molar-refractivity contribution in [3.8, 4) is 11.1 Å². The highest BCUT2D eigenvalue weighted by atomic mass is 16.5. The van der Waals surface area contributed by atoms with Gasteiger partial charge in [0.15, 0.2) is 0 Å². The van der Waals surface area contributed by atoms with Gasteiger partial charge in [0.1, 0.15) is 12.1 Å². The summed E-state index contributed by atoms with van der Waals surface area (Å²) >= 11 is 0. The predicted molar refractivity (Wildman–Crippen MR) is 211 cm³/mol. The van der Waals surface area contributed by atoms with Crippen LogP contribution in [0.2, 0.25) is 0 Å². The van der Waals surface area contributed by atoms with Gasteiger partial charge in [0, 0.05) is 56.2 Å². The summed E-state index contributed by atoms with van der Waals surface area (Å²) in [6.07, 6.45) is 7.23. The number of aliphatic hydroxyl groups is 1. The largest absolute Gasteiger partial charge is 0.453 e. The highest BCUT2D eigenvalue weighted by Crippen LogP contribution is 2.33. The van der Waals surface area contributed by atoms with Crippen LogP contribution < -0.4 is 10.6 Å². The number of nitrogens with one attached hydrogen (secondary N) is 2. The summed E-state index contributed by atoms with van der Waals surface area (Å²) in [5.41, 5.74) is 7.99. The molecule has 2 aromatic rings. The third-order valence-corrected chi connectivity index (χ3v) is 10.7. The van der Waals surface area contributed by atoms with E-state index in [1.54, 1.807) is 9.80 Å². The molecule has 1 unspecified atom stereocenters. The Hall–Kier alpha value is -5.56. The summed E-state index contributed by atoms with van der Waals surface area (Å²) in [4.78, 5) is 63.8. The Kier molecular flexibility index (Phi) is 12.0. The fraction of sp³-hybridized carbons (Fsp3) is 0.429. The van der Waals surface area contributed by atoms with Crippen LogP contribution >= 0.6 is 0 Å². The Labute approximate surface area is 321 Å². The van der Waals surface area contributed by atoms with Gasteiger partial charge in [-0.2, -0.15) is 0 Å². The Bertz CT molecular complexity index is 1950. The van der Waals surface area contributed by atoms with Gasteiger partial charge < -0.3 is 35.0 Å². The minimum atomic E-state index is -0.781. The average molecular weight is 751 g/mol. The first-order chi connectivity index (χ1) is 26.4. The molecule has 1 saturated heterocycles. The van der Waals surface area contributed by atoms with Crippen LogP contribution in [0.3, 0.4) is 0 Å². The summed E-state index contributed by atoms with van der Waals surface area (Å²) in [7, 11) is 2.54. The Balaban J connectivity index is 1.05. The number of β-amino-alcohol motifs (C(OH)–C–C–N with tert-alkyl or cyclic N) is 1. The zero-order valence-corrected chi connectivity index (χ0v) is 32.2. The number of aliphatic hydroxyl groups excluding tert-OH is 1. The number of carbonyl (C=O) groups excluding carboxylic acids is 4. The molecule has 1 fully saturated rings. The highest BCUT2D eigenvalue weighted by molar-refractivity contribution is 6.05. The molecule has 0 radical (unpaired) electrons. The van der Waals surface area contributed by atoms with Gasteiger partial charge in [-0.05, 0) is 45.2 Å². The number of ether oxygens (including phenoxy) is 2. The maximum Gasteiger partial charge on any atom is 0.407 e. The van der Waals surface area contributed by atoms with Crippen LogP contribution in [0, 0.1) is 11.8 Å². The van der Waals surface area contributed by atoms with Gasteiger partial charge in [-0.1, -0.05) is 88.4 Å². The van der Waals surface area contributed by atoms with Crippen molar-refractivity contribution in [2.24, 2.45) is 21.8 Å². The number of nitrogens with zero attached hydrogens (tertiary/aromatic N) is 4. The lowest BCUT2D eigenvalue weighted by Crippen LogP contribution is -2.53. The number of methoxy groups -OCH3 is 2. The lowest BCUT2D eigenvalue weighted by Gasteiger charge is -2.31. The molecule has 4 aliphatic heterocycles. The van der Waals surface area contributed by atoms with E-state index in [-0.39, 0.29) is 42.3 Å². The zero-order chi connectivity index (χ0) is 39.4. The van der Waals surface area contributed by atoms with E-state index in [0.717, 1.165) is 44.8 Å². The number of rotatable bonds is 11. The van der Waals surface area contributed by atoms with E-state index in [0.29, 0.717) is 25.8 Å². The number of hydrogen-bond acceptors (Lipinski definition) is 9. The first kappa shape index (κ1) is 39.1. The molecular formula is C42H50N6O7. The second-order valence-corrected chi connectivity index (χ2v) is 15.0. The molecule has 13 heteroatoms. The van der Waals surface area contributed by atoms with Gasteiger partial charge in [-0.3, -0.25) is 19.6 Å². The van der Waals surface area contributed by atoms with E-state index in [1.807, 2.05) is 52.2 Å². The Morgan fingerprint density at radius 3 is 1.65 bits per heavy atom. The second-order valence-electron chi connectivity index (χ2n) is 15.0. The van der Waals surface area contributed by atoms with E-state index in [9.17, 15) is 24.3 Å². The number of amides is 4. The molecule has 4 heterocycles. The highest BCUT2D eigenvalue weighted by Gasteiger charge is 2.42. The number of aliphatic imine (C=N–C) groups is 2. The van der Waals surface area contributed by atoms with Gasteiger partial charge >= 0.3 is 12.2 Å². The fourth-order valence-corrected chi connectivity index (χ4v) is 7.55. The molecule has 55 heavy (non-hydrogen) atoms. The van der Waals surface area contributed by atoms with Crippen LogP contribution in [0.15, 0.2) is 83.1 Å². The second kappa shape index (κ2) is 16.8. The van der Waals surface area contributed by atoms with Crippen molar-refractivity contribution >= 4 is 46.6 Å². The van der Waals surface area contributed by atoms with Crippen LogP contribution in [0.1, 0.15) is 58.1 Å². The standard InChI is InChI=1S/C42H50N6O7/c1-24(2)37(45-41(52)54-5)39(50)47-17-7-8-35(47)33-18-30(21-43-33)28-13-9-26(10-14-28)27-11-15-29(16-12-27)31-19-34(44-22-31)36-20-32(49)23-48(36)40(51)38(25(3)4)46-42(53)55-6/h7-16,21-22,24-25,32,35-38,49H,17-20,23H2,1-6H3,(H,45,52)(H,46,53)/t32?,35-,36-,37-,38-/m0/s1. The number of hydrogen-bond donors (Lipinski definition) is 3. The molecule has 0 aliphatic carbocycles. The molecule has 5 atom stereocenters. The average Bonchev–Trinajstić information content (AvgIpc) is 4.02. The van der Waals surface area contributed by atoms with Gasteiger partial charge in [0.05, 0.1) is 32.4 Å². The molecule has 2 aromatic carbocycles. The Morgan fingerprint density at radius 1 is 0.709 bits per heavy atom. The summed E-state index contributed by atoms with van der Waals surface area (Å²) < 4.78 is 9.48. The molecule has 0 spiro atoms. The summed E-state index contributed by atoms with van der Waals surface area (Å²) in [5.74, 6) is -0.722. The predicted octanol–water partition coefficient (Wildman–Crippen LogP) is 5.21. The molecule has 4 amide bonds. The van der Waals surface area contributed by atoms with Crippen LogP contribution in [0.5, 0.6) is 0 Å². The van der Waals surface area contributed by atoms with Crippen LogP contribution in [0.4, 0.5) is 9.59 Å². The summed E-state index contributed by atoms with van der Waals surface area (Å²) in [6, 6.07) is 14.5. The van der Waals surface area contributed by atoms with Gasteiger partial charge in [-0.15, -0.1) is 0 Å². The van der Waals surface area contributed by atoms with Gasteiger partial charge in [0.25, 0.3) is 0 Å². The van der Waals surface area contributed by atoms with E-state index in [4.69, 9.17) is 19.5 Å². The number of benzene rings is 2. The SMILES string of the molecule is COC(=O)N[C@H](C(=O)N1CC=C[C@H]1C1=NC=C(c2ccc(-c3ccc(C4=CN=C([C@@H]5CC(O)CN5C(=O)[C@@H](NC(=O)OC)C(C)C)C4)cc3)cc2)C1)C(C)C. The molecule has 13 nitrogen and oxygen atoms in total. The molecular weight excluding hydrogens is 700 g/mol. The first-order valence-electron chi connectivity index (χ1n) is 18.8. The van der Waals surface area contributed by atoms with E-state index < -0.39 is 30.4 Å². The van der Waals surface area contributed by atoms with Crippen LogP contribution in [-0.2, 0) is 19.1 Å². The van der Waals surface area contributed by atoms with E-state index >= 15 is 0 Å². The van der Waals surface area contributed by atoms with Crippen molar-refractivity contribution in [1.82, 2.24) is 20.4 Å². The summed E-state index contributed by atoms with van der Waals surface area (Å²) in [6.45, 7) is 8.12. The van der Waals surface area contributed by atoms with Crippen LogP contribution in [-0.4, -0.2) is 108 Å². The molecule has 6 rings (SSSR count). The van der Waals surface area contributed by atoms with Gasteiger partial charge in [0.2, 0.25) is 11.8 Å². The maximum absolute atomic E-state index is 13.6. The maximum atomic E-state index is 13.6. The molecule has 0 saturated carbocycles. The van der Waals surface area contributed by atoms with Crippen LogP contribution in [0.25, 0.3) is 22.3 Å². The van der Waals surface area contributed by atoms with Crippen molar-refractivity contribution in [2.75, 3.05) is 27.3 Å². The topological polar surface area (TPSA) is 162 Å². The third-order valence-electron chi connectivity index (χ3n) is 10.7. The molecule has 0 aromatic heterocycles. The zero-order valence-electron chi connectivity index (χ0n) is 32.2. The first-order valence-corrected chi connectivity index (χ1v) is 18.8. The van der Waals surface area contributed by atoms with Crippen molar-refractivity contribution in [1.29, 1.82) is 0 Å². The lowest BCUT2D eigenvalue weighted by molar-refractivity contribution is -0.135. The minimum Gasteiger partial charge on any atom is -0.453 e. The van der Waals surface area contributed by atoms with Crippen molar-refractivity contribution in [3.05, 3.63) is 84.2 Å².